The van der Waals surface area contributed by atoms with Gasteiger partial charge >= 0.3 is 0 Å². The predicted molar refractivity (Wildman–Crippen MR) is 117 cm³/mol. The Morgan fingerprint density at radius 2 is 1.79 bits per heavy atom. The summed E-state index contributed by atoms with van der Waals surface area (Å²) in [5.74, 6) is 0.545. The van der Waals surface area contributed by atoms with Crippen molar-refractivity contribution < 1.29 is 9.53 Å². The largest absolute Gasteiger partial charge is 0.487 e. The molecule has 0 aliphatic heterocycles. The lowest BCUT2D eigenvalue weighted by Gasteiger charge is -2.08. The first-order chi connectivity index (χ1) is 14.1. The van der Waals surface area contributed by atoms with Crippen LogP contribution < -0.4 is 10.1 Å². The molecule has 1 amide bonds. The number of hydrogen-bond donors (Lipinski definition) is 1. The Labute approximate surface area is 173 Å². The highest BCUT2D eigenvalue weighted by Crippen LogP contribution is 2.19. The second kappa shape index (κ2) is 8.41. The number of benzene rings is 2. The molecule has 0 saturated carbocycles. The molecule has 0 spiro atoms. The van der Waals surface area contributed by atoms with Gasteiger partial charge in [-0.1, -0.05) is 6.07 Å². The van der Waals surface area contributed by atoms with Crippen molar-refractivity contribution in [1.29, 1.82) is 0 Å². The molecule has 6 heteroatoms. The van der Waals surface area contributed by atoms with E-state index in [1.54, 1.807) is 36.0 Å². The van der Waals surface area contributed by atoms with Gasteiger partial charge in [-0.3, -0.25) is 4.79 Å². The van der Waals surface area contributed by atoms with Gasteiger partial charge in [0.1, 0.15) is 18.0 Å². The van der Waals surface area contributed by atoms with Crippen molar-refractivity contribution in [3.63, 3.8) is 0 Å². The first kappa shape index (κ1) is 19.1. The van der Waals surface area contributed by atoms with E-state index in [4.69, 9.17) is 4.74 Å². The lowest BCUT2D eigenvalue weighted by Crippen LogP contribution is -2.11. The number of amides is 1. The van der Waals surface area contributed by atoms with Crippen molar-refractivity contribution >= 4 is 29.0 Å². The second-order valence-electron chi connectivity index (χ2n) is 6.70. The highest BCUT2D eigenvalue weighted by Gasteiger charge is 2.07. The number of anilines is 1. The SMILES string of the molecule is CSc1ccc(NC(=O)c2ccc(OCc3cn4cc(C)ccc4n3)cc2)cc1. The third kappa shape index (κ3) is 4.60. The Morgan fingerprint density at radius 1 is 1.03 bits per heavy atom. The highest BCUT2D eigenvalue weighted by molar-refractivity contribution is 7.98. The van der Waals surface area contributed by atoms with Gasteiger partial charge in [-0.15, -0.1) is 11.8 Å². The minimum Gasteiger partial charge on any atom is -0.487 e. The minimum absolute atomic E-state index is 0.149. The standard InChI is InChI=1S/C23H21N3O2S/c1-16-3-12-22-24-19(14-26(22)13-16)15-28-20-8-4-17(5-9-20)23(27)25-18-6-10-21(29-2)11-7-18/h3-14H,15H2,1-2H3,(H,25,27). The van der Waals surface area contributed by atoms with E-state index < -0.39 is 0 Å². The number of imidazole rings is 1. The quantitative estimate of drug-likeness (QED) is 0.450. The van der Waals surface area contributed by atoms with E-state index in [1.807, 2.05) is 66.4 Å². The summed E-state index contributed by atoms with van der Waals surface area (Å²) in [5, 5.41) is 2.90. The van der Waals surface area contributed by atoms with Gasteiger partial charge in [-0.25, -0.2) is 4.98 Å². The summed E-state index contributed by atoms with van der Waals surface area (Å²) in [4.78, 5) is 18.1. The van der Waals surface area contributed by atoms with Crippen LogP contribution >= 0.6 is 11.8 Å². The smallest absolute Gasteiger partial charge is 0.255 e. The molecule has 146 valence electrons. The first-order valence-corrected chi connectivity index (χ1v) is 10.5. The zero-order valence-electron chi connectivity index (χ0n) is 16.3. The summed E-state index contributed by atoms with van der Waals surface area (Å²) in [6.07, 6.45) is 6.02. The molecular formula is C23H21N3O2S. The van der Waals surface area contributed by atoms with Crippen molar-refractivity contribution in [3.8, 4) is 5.75 Å². The number of pyridine rings is 1. The molecule has 2 heterocycles. The van der Waals surface area contributed by atoms with Crippen LogP contribution in [0.5, 0.6) is 5.75 Å². The first-order valence-electron chi connectivity index (χ1n) is 9.23. The van der Waals surface area contributed by atoms with Crippen LogP contribution in [0.2, 0.25) is 0 Å². The highest BCUT2D eigenvalue weighted by atomic mass is 32.2. The van der Waals surface area contributed by atoms with Gasteiger partial charge in [0.15, 0.2) is 0 Å². The fraction of sp³-hybridized carbons (Fsp3) is 0.130. The van der Waals surface area contributed by atoms with Crippen LogP contribution in [0.3, 0.4) is 0 Å². The zero-order valence-corrected chi connectivity index (χ0v) is 17.1. The second-order valence-corrected chi connectivity index (χ2v) is 7.58. The molecule has 0 fully saturated rings. The van der Waals surface area contributed by atoms with Gasteiger partial charge in [0.05, 0.1) is 5.69 Å². The maximum atomic E-state index is 12.4. The maximum absolute atomic E-state index is 12.4. The van der Waals surface area contributed by atoms with Crippen LogP contribution in [0, 0.1) is 6.92 Å². The Hall–Kier alpha value is -3.25. The number of rotatable bonds is 6. The molecule has 2 aromatic carbocycles. The molecule has 0 saturated heterocycles. The van der Waals surface area contributed by atoms with Crippen LogP contribution in [0.4, 0.5) is 5.69 Å². The van der Waals surface area contributed by atoms with Gasteiger partial charge in [-0.05, 0) is 73.3 Å². The van der Waals surface area contributed by atoms with Crippen LogP contribution in [-0.4, -0.2) is 21.5 Å². The van der Waals surface area contributed by atoms with Crippen molar-refractivity contribution in [2.45, 2.75) is 18.4 Å². The van der Waals surface area contributed by atoms with E-state index in [1.165, 1.54) is 5.56 Å². The van der Waals surface area contributed by atoms with E-state index in [9.17, 15) is 4.79 Å². The number of fused-ring (bicyclic) bond motifs is 1. The predicted octanol–water partition coefficient (Wildman–Crippen LogP) is 5.20. The van der Waals surface area contributed by atoms with Crippen LogP contribution in [0.1, 0.15) is 21.6 Å². The van der Waals surface area contributed by atoms with Gasteiger partial charge in [0.2, 0.25) is 0 Å². The number of aryl methyl sites for hydroxylation is 1. The summed E-state index contributed by atoms with van der Waals surface area (Å²) < 4.78 is 7.81. The summed E-state index contributed by atoms with van der Waals surface area (Å²) in [5.41, 5.74) is 4.28. The molecule has 4 aromatic rings. The number of nitrogens with one attached hydrogen (secondary N) is 1. The topological polar surface area (TPSA) is 55.6 Å². The van der Waals surface area contributed by atoms with E-state index in [2.05, 4.69) is 10.3 Å². The minimum atomic E-state index is -0.149. The number of carbonyl (C=O) groups excluding carboxylic acids is 1. The van der Waals surface area contributed by atoms with Crippen LogP contribution in [0.25, 0.3) is 5.65 Å². The summed E-state index contributed by atoms with van der Waals surface area (Å²) in [6, 6.07) is 18.9. The molecule has 2 aromatic heterocycles. The molecule has 4 rings (SSSR count). The Bertz CT molecular complexity index is 1140. The summed E-state index contributed by atoms with van der Waals surface area (Å²) >= 11 is 1.67. The van der Waals surface area contributed by atoms with Crippen LogP contribution in [-0.2, 0) is 6.61 Å². The third-order valence-corrected chi connectivity index (χ3v) is 5.24. The number of nitrogens with zero attached hydrogens (tertiary/aromatic N) is 2. The number of carbonyl (C=O) groups is 1. The number of ether oxygens (including phenoxy) is 1. The van der Waals surface area contributed by atoms with Gasteiger partial charge in [0.25, 0.3) is 5.91 Å². The molecule has 0 aliphatic rings. The zero-order chi connectivity index (χ0) is 20.2. The van der Waals surface area contributed by atoms with E-state index in [0.717, 1.165) is 21.9 Å². The molecule has 29 heavy (non-hydrogen) atoms. The number of aromatic nitrogens is 2. The maximum Gasteiger partial charge on any atom is 0.255 e. The van der Waals surface area contributed by atoms with Gasteiger partial charge in [0, 0.05) is 28.5 Å². The summed E-state index contributed by atoms with van der Waals surface area (Å²) in [6.45, 7) is 2.42. The van der Waals surface area contributed by atoms with Crippen molar-refractivity contribution in [3.05, 3.63) is 89.9 Å². The molecule has 0 atom stereocenters. The molecule has 5 nitrogen and oxygen atoms in total. The molecule has 1 N–H and O–H groups in total. The average molecular weight is 404 g/mol. The van der Waals surface area contributed by atoms with Gasteiger partial charge in [-0.2, -0.15) is 0 Å². The van der Waals surface area contributed by atoms with Gasteiger partial charge < -0.3 is 14.5 Å². The fourth-order valence-electron chi connectivity index (χ4n) is 2.96. The molecule has 0 radical (unpaired) electrons. The van der Waals surface area contributed by atoms with Crippen molar-refractivity contribution in [2.24, 2.45) is 0 Å². The molecule has 0 unspecified atom stereocenters. The third-order valence-electron chi connectivity index (χ3n) is 4.50. The van der Waals surface area contributed by atoms with Crippen molar-refractivity contribution in [1.82, 2.24) is 9.38 Å². The number of thioether (sulfide) groups is 1. The fourth-order valence-corrected chi connectivity index (χ4v) is 3.37. The monoisotopic (exact) mass is 403 g/mol. The molecule has 0 bridgehead atoms. The van der Waals surface area contributed by atoms with E-state index in [-0.39, 0.29) is 5.91 Å². The average Bonchev–Trinajstić information content (AvgIpc) is 3.15. The van der Waals surface area contributed by atoms with E-state index >= 15 is 0 Å². The van der Waals surface area contributed by atoms with Crippen LogP contribution in [0.15, 0.2) is 78.0 Å². The Morgan fingerprint density at radius 3 is 2.52 bits per heavy atom. The van der Waals surface area contributed by atoms with E-state index in [0.29, 0.717) is 17.9 Å². The van der Waals surface area contributed by atoms with Crippen molar-refractivity contribution in [2.75, 3.05) is 11.6 Å². The Balaban J connectivity index is 1.36. The summed E-state index contributed by atoms with van der Waals surface area (Å²) in [7, 11) is 0. The number of hydrogen-bond acceptors (Lipinski definition) is 4. The normalized spacial score (nSPS) is 10.8. The lowest BCUT2D eigenvalue weighted by molar-refractivity contribution is 0.102. The lowest BCUT2D eigenvalue weighted by atomic mass is 10.2. The Kier molecular flexibility index (Phi) is 5.53. The molecule has 0 aliphatic carbocycles. The molecular weight excluding hydrogens is 382 g/mol.